The van der Waals surface area contributed by atoms with Gasteiger partial charge in [0.05, 0.1) is 11.7 Å². The summed E-state index contributed by atoms with van der Waals surface area (Å²) in [7, 11) is 0. The summed E-state index contributed by atoms with van der Waals surface area (Å²) in [4.78, 5) is 24.9. The van der Waals surface area contributed by atoms with Gasteiger partial charge in [-0.1, -0.05) is 0 Å². The van der Waals surface area contributed by atoms with Crippen LogP contribution in [-0.2, 0) is 9.59 Å². The quantitative estimate of drug-likeness (QED) is 0.800. The van der Waals surface area contributed by atoms with Crippen molar-refractivity contribution >= 4 is 35.0 Å². The van der Waals surface area contributed by atoms with E-state index in [9.17, 15) is 9.59 Å². The van der Waals surface area contributed by atoms with E-state index >= 15 is 0 Å². The van der Waals surface area contributed by atoms with Crippen LogP contribution in [-0.4, -0.2) is 41.1 Å². The van der Waals surface area contributed by atoms with Gasteiger partial charge in [0, 0.05) is 30.2 Å². The number of piperidine rings is 1. The molecule has 0 aliphatic carbocycles. The summed E-state index contributed by atoms with van der Waals surface area (Å²) >= 11 is 1.36. The van der Waals surface area contributed by atoms with Crippen LogP contribution in [0, 0.1) is 0 Å². The van der Waals surface area contributed by atoms with Crippen molar-refractivity contribution in [3.05, 3.63) is 24.3 Å². The number of carbonyl (C=O) groups is 2. The second kappa shape index (κ2) is 8.82. The van der Waals surface area contributed by atoms with Crippen LogP contribution in [0.5, 0.6) is 0 Å². The van der Waals surface area contributed by atoms with E-state index in [-0.39, 0.29) is 17.6 Å². The van der Waals surface area contributed by atoms with E-state index in [0.29, 0.717) is 5.75 Å². The van der Waals surface area contributed by atoms with E-state index < -0.39 is 5.97 Å². The Morgan fingerprint density at radius 1 is 1.22 bits per heavy atom. The lowest BCUT2D eigenvalue weighted by Crippen LogP contribution is -2.29. The van der Waals surface area contributed by atoms with Crippen LogP contribution in [0.4, 0.5) is 11.4 Å². The number of carbonyl (C=O) groups excluding carboxylic acids is 1. The van der Waals surface area contributed by atoms with E-state index in [4.69, 9.17) is 5.11 Å². The fraction of sp³-hybridized carbons (Fsp3) is 0.529. The largest absolute Gasteiger partial charge is 0.481 e. The zero-order valence-corrected chi connectivity index (χ0v) is 14.3. The van der Waals surface area contributed by atoms with Gasteiger partial charge in [-0.05, 0) is 50.5 Å². The average Bonchev–Trinajstić information content (AvgIpc) is 2.56. The van der Waals surface area contributed by atoms with Crippen molar-refractivity contribution in [3.8, 4) is 0 Å². The zero-order chi connectivity index (χ0) is 16.7. The molecule has 0 spiro atoms. The van der Waals surface area contributed by atoms with Crippen LogP contribution in [0.3, 0.4) is 0 Å². The standard InChI is InChI=1S/C17H24N2O3S/c1-13(23-12-9-16(20)21)17(22)18-14-5-7-15(8-6-14)19-10-3-2-4-11-19/h5-8,13H,2-4,9-12H2,1H3,(H,18,22)(H,20,21)/t13-/m0/s1. The topological polar surface area (TPSA) is 69.6 Å². The Morgan fingerprint density at radius 2 is 1.87 bits per heavy atom. The number of carboxylic acids is 1. The third kappa shape index (κ3) is 5.78. The molecule has 0 saturated carbocycles. The predicted molar refractivity (Wildman–Crippen MR) is 95.3 cm³/mol. The molecule has 5 nitrogen and oxygen atoms in total. The molecular formula is C17H24N2O3S. The third-order valence-electron chi connectivity index (χ3n) is 3.91. The van der Waals surface area contributed by atoms with Gasteiger partial charge in [0.1, 0.15) is 0 Å². The Morgan fingerprint density at radius 3 is 2.48 bits per heavy atom. The molecule has 0 bridgehead atoms. The molecule has 1 saturated heterocycles. The highest BCUT2D eigenvalue weighted by Crippen LogP contribution is 2.22. The maximum absolute atomic E-state index is 12.1. The van der Waals surface area contributed by atoms with Crippen LogP contribution in [0.25, 0.3) is 0 Å². The Bertz CT molecular complexity index is 527. The van der Waals surface area contributed by atoms with E-state index in [0.717, 1.165) is 18.8 Å². The SMILES string of the molecule is C[C@H](SCCC(=O)O)C(=O)Nc1ccc(N2CCCCC2)cc1. The number of thioether (sulfide) groups is 1. The summed E-state index contributed by atoms with van der Waals surface area (Å²) < 4.78 is 0. The van der Waals surface area contributed by atoms with Crippen molar-refractivity contribution in [2.45, 2.75) is 37.9 Å². The van der Waals surface area contributed by atoms with Gasteiger partial charge >= 0.3 is 5.97 Å². The van der Waals surface area contributed by atoms with Crippen molar-refractivity contribution in [2.75, 3.05) is 29.1 Å². The van der Waals surface area contributed by atoms with E-state index in [1.165, 1.54) is 36.7 Å². The number of anilines is 2. The molecule has 0 unspecified atom stereocenters. The number of amides is 1. The summed E-state index contributed by atoms with van der Waals surface area (Å²) in [5.41, 5.74) is 1.98. The summed E-state index contributed by atoms with van der Waals surface area (Å²) in [6.07, 6.45) is 3.86. The highest BCUT2D eigenvalue weighted by molar-refractivity contribution is 8.00. The number of carboxylic acid groups (broad SMARTS) is 1. The molecule has 1 heterocycles. The van der Waals surface area contributed by atoms with Crippen molar-refractivity contribution in [3.63, 3.8) is 0 Å². The molecule has 6 heteroatoms. The Labute approximate surface area is 141 Å². The summed E-state index contributed by atoms with van der Waals surface area (Å²) in [6, 6.07) is 7.94. The fourth-order valence-corrected chi connectivity index (χ4v) is 3.41. The van der Waals surface area contributed by atoms with Crippen LogP contribution in [0.15, 0.2) is 24.3 Å². The smallest absolute Gasteiger partial charge is 0.304 e. The molecule has 1 aromatic carbocycles. The molecule has 23 heavy (non-hydrogen) atoms. The van der Waals surface area contributed by atoms with Crippen LogP contribution in [0.1, 0.15) is 32.6 Å². The van der Waals surface area contributed by atoms with Gasteiger partial charge in [-0.3, -0.25) is 9.59 Å². The first-order chi connectivity index (χ1) is 11.1. The minimum Gasteiger partial charge on any atom is -0.481 e. The molecule has 126 valence electrons. The number of benzene rings is 1. The fourth-order valence-electron chi connectivity index (χ4n) is 2.55. The lowest BCUT2D eigenvalue weighted by Gasteiger charge is -2.28. The Balaban J connectivity index is 1.82. The summed E-state index contributed by atoms with van der Waals surface area (Å²) in [5, 5.41) is 11.2. The lowest BCUT2D eigenvalue weighted by atomic mass is 10.1. The molecule has 0 radical (unpaired) electrons. The maximum Gasteiger partial charge on any atom is 0.304 e. The second-order valence-corrected chi connectivity index (χ2v) is 7.19. The molecular weight excluding hydrogens is 312 g/mol. The zero-order valence-electron chi connectivity index (χ0n) is 13.5. The minimum absolute atomic E-state index is 0.0762. The van der Waals surface area contributed by atoms with Crippen molar-refractivity contribution < 1.29 is 14.7 Å². The normalized spacial score (nSPS) is 16.0. The first kappa shape index (κ1) is 17.7. The summed E-state index contributed by atoms with van der Waals surface area (Å²) in [6.45, 7) is 4.00. The van der Waals surface area contributed by atoms with Crippen LogP contribution in [0.2, 0.25) is 0 Å². The molecule has 2 rings (SSSR count). The lowest BCUT2D eigenvalue weighted by molar-refractivity contribution is -0.136. The van der Waals surface area contributed by atoms with Crippen molar-refractivity contribution in [2.24, 2.45) is 0 Å². The van der Waals surface area contributed by atoms with Gasteiger partial charge < -0.3 is 15.3 Å². The van der Waals surface area contributed by atoms with Gasteiger partial charge in [-0.15, -0.1) is 11.8 Å². The van der Waals surface area contributed by atoms with Crippen molar-refractivity contribution in [1.29, 1.82) is 0 Å². The predicted octanol–water partition coefficient (Wildman–Crippen LogP) is 3.21. The minimum atomic E-state index is -0.835. The first-order valence-electron chi connectivity index (χ1n) is 8.05. The van der Waals surface area contributed by atoms with E-state index in [1.54, 1.807) is 6.92 Å². The highest BCUT2D eigenvalue weighted by Gasteiger charge is 2.15. The van der Waals surface area contributed by atoms with Gasteiger partial charge in [0.15, 0.2) is 0 Å². The maximum atomic E-state index is 12.1. The van der Waals surface area contributed by atoms with Gasteiger partial charge in [0.2, 0.25) is 5.91 Å². The number of nitrogens with zero attached hydrogens (tertiary/aromatic N) is 1. The third-order valence-corrected chi connectivity index (χ3v) is 5.06. The number of hydrogen-bond acceptors (Lipinski definition) is 4. The van der Waals surface area contributed by atoms with Gasteiger partial charge in [-0.2, -0.15) is 0 Å². The van der Waals surface area contributed by atoms with Crippen molar-refractivity contribution in [1.82, 2.24) is 0 Å². The molecule has 1 amide bonds. The van der Waals surface area contributed by atoms with E-state index in [1.807, 2.05) is 24.3 Å². The number of aliphatic carboxylic acids is 1. The number of nitrogens with one attached hydrogen (secondary N) is 1. The molecule has 0 aromatic heterocycles. The molecule has 1 aromatic rings. The average molecular weight is 336 g/mol. The monoisotopic (exact) mass is 336 g/mol. The Hall–Kier alpha value is -1.69. The molecule has 1 atom stereocenters. The summed E-state index contributed by atoms with van der Waals surface area (Å²) in [5.74, 6) is -0.484. The molecule has 1 fully saturated rings. The van der Waals surface area contributed by atoms with E-state index in [2.05, 4.69) is 10.2 Å². The number of hydrogen-bond donors (Lipinski definition) is 2. The molecule has 1 aliphatic rings. The Kier molecular flexibility index (Phi) is 6.77. The van der Waals surface area contributed by atoms with Crippen LogP contribution < -0.4 is 10.2 Å². The second-order valence-electron chi connectivity index (χ2n) is 5.74. The van der Waals surface area contributed by atoms with Gasteiger partial charge in [-0.25, -0.2) is 0 Å². The first-order valence-corrected chi connectivity index (χ1v) is 9.10. The molecule has 1 aliphatic heterocycles. The van der Waals surface area contributed by atoms with Crippen LogP contribution >= 0.6 is 11.8 Å². The number of rotatable bonds is 7. The molecule has 2 N–H and O–H groups in total. The van der Waals surface area contributed by atoms with Gasteiger partial charge in [0.25, 0.3) is 0 Å². The highest BCUT2D eigenvalue weighted by atomic mass is 32.2.